The van der Waals surface area contributed by atoms with Crippen LogP contribution < -0.4 is 5.32 Å². The smallest absolute Gasteiger partial charge is 0.107 e. The Labute approximate surface area is 121 Å². The molecule has 0 aromatic carbocycles. The number of piperidine rings is 1. The second-order valence-electron chi connectivity index (χ2n) is 6.68. The zero-order valence-electron chi connectivity index (χ0n) is 12.7. The predicted octanol–water partition coefficient (Wildman–Crippen LogP) is 2.87. The van der Waals surface area contributed by atoms with Gasteiger partial charge in [0, 0.05) is 17.3 Å². The Balaban J connectivity index is 1.92. The molecule has 2 rings (SSSR count). The third-order valence-electron chi connectivity index (χ3n) is 3.77. The summed E-state index contributed by atoms with van der Waals surface area (Å²) in [6, 6.07) is 0. The fourth-order valence-corrected chi connectivity index (χ4v) is 3.73. The molecule has 1 unspecified atom stereocenters. The Morgan fingerprint density at radius 3 is 2.89 bits per heavy atom. The third-order valence-corrected chi connectivity index (χ3v) is 4.61. The molecule has 0 spiro atoms. The van der Waals surface area contributed by atoms with E-state index in [1.54, 1.807) is 0 Å². The summed E-state index contributed by atoms with van der Waals surface area (Å²) in [5.74, 6) is 0.806. The third kappa shape index (κ3) is 4.26. The number of nitrogens with zero attached hydrogens (tertiary/aromatic N) is 2. The van der Waals surface area contributed by atoms with E-state index in [-0.39, 0.29) is 5.41 Å². The van der Waals surface area contributed by atoms with E-state index in [9.17, 15) is 0 Å². The van der Waals surface area contributed by atoms with Crippen LogP contribution in [-0.4, -0.2) is 36.6 Å². The summed E-state index contributed by atoms with van der Waals surface area (Å²) in [6.45, 7) is 11.3. The number of rotatable bonds is 4. The second-order valence-corrected chi connectivity index (χ2v) is 7.62. The van der Waals surface area contributed by atoms with Crippen LogP contribution >= 0.6 is 11.3 Å². The molecule has 3 nitrogen and oxygen atoms in total. The van der Waals surface area contributed by atoms with Crippen molar-refractivity contribution >= 4 is 11.3 Å². The molecule has 1 aromatic heterocycles. The topological polar surface area (TPSA) is 28.2 Å². The molecular formula is C15H27N3S. The van der Waals surface area contributed by atoms with Gasteiger partial charge in [-0.05, 0) is 38.9 Å². The van der Waals surface area contributed by atoms with Crippen LogP contribution in [0.5, 0.6) is 0 Å². The van der Waals surface area contributed by atoms with Gasteiger partial charge in [0.25, 0.3) is 0 Å². The highest BCUT2D eigenvalue weighted by Gasteiger charge is 2.22. The molecule has 0 bridgehead atoms. The Morgan fingerprint density at radius 1 is 1.47 bits per heavy atom. The van der Waals surface area contributed by atoms with Crippen molar-refractivity contribution in [2.24, 2.45) is 5.92 Å². The van der Waals surface area contributed by atoms with E-state index >= 15 is 0 Å². The van der Waals surface area contributed by atoms with Gasteiger partial charge < -0.3 is 5.32 Å². The molecule has 0 radical (unpaired) electrons. The lowest BCUT2D eigenvalue weighted by molar-refractivity contribution is 0.166. The maximum Gasteiger partial charge on any atom is 0.107 e. The minimum Gasteiger partial charge on any atom is -0.319 e. The van der Waals surface area contributed by atoms with Crippen molar-refractivity contribution in [3.63, 3.8) is 0 Å². The summed E-state index contributed by atoms with van der Waals surface area (Å²) in [7, 11) is 2.05. The van der Waals surface area contributed by atoms with E-state index in [1.165, 1.54) is 36.6 Å². The molecule has 1 fully saturated rings. The van der Waals surface area contributed by atoms with Crippen LogP contribution in [0.2, 0.25) is 0 Å². The first-order chi connectivity index (χ1) is 8.99. The van der Waals surface area contributed by atoms with Crippen molar-refractivity contribution in [2.75, 3.05) is 26.7 Å². The normalized spacial score (nSPS) is 21.8. The molecule has 1 atom stereocenters. The van der Waals surface area contributed by atoms with Gasteiger partial charge in [-0.3, -0.25) is 4.90 Å². The molecular weight excluding hydrogens is 254 g/mol. The summed E-state index contributed by atoms with van der Waals surface area (Å²) < 4.78 is 0. The highest BCUT2D eigenvalue weighted by atomic mass is 32.1. The van der Waals surface area contributed by atoms with Gasteiger partial charge in [-0.2, -0.15) is 0 Å². The maximum absolute atomic E-state index is 4.81. The summed E-state index contributed by atoms with van der Waals surface area (Å²) in [4.78, 5) is 7.37. The molecule has 1 N–H and O–H groups in total. The lowest BCUT2D eigenvalue weighted by Crippen LogP contribution is -2.38. The molecule has 2 heterocycles. The molecule has 1 aromatic rings. The van der Waals surface area contributed by atoms with Crippen molar-refractivity contribution in [1.82, 2.24) is 15.2 Å². The number of thiazole rings is 1. The molecule has 108 valence electrons. The molecule has 0 amide bonds. The predicted molar refractivity (Wildman–Crippen MR) is 82.7 cm³/mol. The lowest BCUT2D eigenvalue weighted by atomic mass is 9.93. The van der Waals surface area contributed by atoms with Gasteiger partial charge in [0.15, 0.2) is 0 Å². The highest BCUT2D eigenvalue weighted by Crippen LogP contribution is 2.25. The fraction of sp³-hybridized carbons (Fsp3) is 0.800. The van der Waals surface area contributed by atoms with Crippen molar-refractivity contribution in [3.05, 3.63) is 16.1 Å². The van der Waals surface area contributed by atoms with Gasteiger partial charge in [0.1, 0.15) is 5.01 Å². The van der Waals surface area contributed by atoms with Crippen LogP contribution in [0.4, 0.5) is 0 Å². The van der Waals surface area contributed by atoms with Gasteiger partial charge in [0.2, 0.25) is 0 Å². The summed E-state index contributed by atoms with van der Waals surface area (Å²) >= 11 is 1.82. The monoisotopic (exact) mass is 281 g/mol. The largest absolute Gasteiger partial charge is 0.319 e. The summed E-state index contributed by atoms with van der Waals surface area (Å²) in [5.41, 5.74) is 1.40. The molecule has 4 heteroatoms. The first kappa shape index (κ1) is 14.9. The number of hydrogen-bond donors (Lipinski definition) is 1. The number of likely N-dealkylation sites (tertiary alicyclic amines) is 1. The van der Waals surface area contributed by atoms with Crippen molar-refractivity contribution in [3.8, 4) is 0 Å². The van der Waals surface area contributed by atoms with Crippen molar-refractivity contribution in [1.29, 1.82) is 0 Å². The van der Waals surface area contributed by atoms with Crippen LogP contribution in [-0.2, 0) is 12.0 Å². The van der Waals surface area contributed by atoms with E-state index < -0.39 is 0 Å². The first-order valence-electron chi connectivity index (χ1n) is 7.31. The van der Waals surface area contributed by atoms with Gasteiger partial charge in [-0.15, -0.1) is 11.3 Å². The minimum absolute atomic E-state index is 0.172. The van der Waals surface area contributed by atoms with Crippen LogP contribution in [0.3, 0.4) is 0 Å². The lowest BCUT2D eigenvalue weighted by Gasteiger charge is -2.32. The number of nitrogens with one attached hydrogen (secondary N) is 1. The minimum atomic E-state index is 0.172. The number of aromatic nitrogens is 1. The summed E-state index contributed by atoms with van der Waals surface area (Å²) in [5, 5.41) is 6.81. The van der Waals surface area contributed by atoms with Crippen molar-refractivity contribution in [2.45, 2.75) is 45.6 Å². The molecule has 0 aliphatic carbocycles. The van der Waals surface area contributed by atoms with Crippen LogP contribution in [0.1, 0.15) is 44.3 Å². The van der Waals surface area contributed by atoms with Crippen LogP contribution in [0.25, 0.3) is 0 Å². The van der Waals surface area contributed by atoms with Gasteiger partial charge in [-0.1, -0.05) is 20.8 Å². The Morgan fingerprint density at radius 2 is 2.26 bits per heavy atom. The zero-order chi connectivity index (χ0) is 13.9. The second kappa shape index (κ2) is 6.33. The average molecular weight is 281 g/mol. The maximum atomic E-state index is 4.81. The SMILES string of the molecule is CNCC1CCCN(Cc2nc(C(C)(C)C)cs2)C1. The van der Waals surface area contributed by atoms with Gasteiger partial charge in [-0.25, -0.2) is 4.98 Å². The van der Waals surface area contributed by atoms with Crippen LogP contribution in [0, 0.1) is 5.92 Å². The standard InChI is InChI=1S/C15H27N3S/c1-15(2,3)13-11-19-14(17-13)10-18-7-5-6-12(9-18)8-16-4/h11-12,16H,5-10H2,1-4H3. The number of hydrogen-bond acceptors (Lipinski definition) is 4. The Bertz CT molecular complexity index is 392. The van der Waals surface area contributed by atoms with E-state index in [0.717, 1.165) is 19.0 Å². The Kier molecular flexibility index (Phi) is 4.98. The average Bonchev–Trinajstić information content (AvgIpc) is 2.78. The van der Waals surface area contributed by atoms with E-state index in [4.69, 9.17) is 4.98 Å². The fourth-order valence-electron chi connectivity index (χ4n) is 2.67. The Hall–Kier alpha value is -0.450. The molecule has 0 saturated carbocycles. The van der Waals surface area contributed by atoms with Gasteiger partial charge >= 0.3 is 0 Å². The molecule has 1 saturated heterocycles. The zero-order valence-corrected chi connectivity index (χ0v) is 13.5. The molecule has 1 aliphatic heterocycles. The van der Waals surface area contributed by atoms with Crippen molar-refractivity contribution < 1.29 is 0 Å². The molecule has 1 aliphatic rings. The van der Waals surface area contributed by atoms with Crippen LogP contribution in [0.15, 0.2) is 5.38 Å². The molecule has 19 heavy (non-hydrogen) atoms. The van der Waals surface area contributed by atoms with E-state index in [1.807, 2.05) is 11.3 Å². The quantitative estimate of drug-likeness (QED) is 0.920. The summed E-state index contributed by atoms with van der Waals surface area (Å²) in [6.07, 6.45) is 2.69. The first-order valence-corrected chi connectivity index (χ1v) is 8.19. The van der Waals surface area contributed by atoms with E-state index in [0.29, 0.717) is 0 Å². The van der Waals surface area contributed by atoms with Gasteiger partial charge in [0.05, 0.1) is 12.2 Å². The highest BCUT2D eigenvalue weighted by molar-refractivity contribution is 7.09. The van der Waals surface area contributed by atoms with E-state index in [2.05, 4.69) is 43.4 Å².